The zero-order chi connectivity index (χ0) is 78.3. The molecule has 104 heavy (non-hydrogen) atoms. The minimum atomic E-state index is -4.53. The van der Waals surface area contributed by atoms with E-state index >= 15 is 24.0 Å². The third kappa shape index (κ3) is 22.4. The Morgan fingerprint density at radius 2 is 1.24 bits per heavy atom. The predicted octanol–water partition coefficient (Wildman–Crippen LogP) is 6.70. The van der Waals surface area contributed by atoms with Crippen molar-refractivity contribution in [2.75, 3.05) is 89.7 Å². The molecule has 3 N–H and O–H groups in total. The van der Waals surface area contributed by atoms with E-state index in [1.165, 1.54) is 99.8 Å². The van der Waals surface area contributed by atoms with Crippen molar-refractivity contribution in [1.29, 1.82) is 0 Å². The minimum Gasteiger partial charge on any atom is -0.379 e. The molecule has 0 radical (unpaired) electrons. The van der Waals surface area contributed by atoms with Crippen molar-refractivity contribution in [2.45, 2.75) is 269 Å². The van der Waals surface area contributed by atoms with Gasteiger partial charge in [-0.15, -0.1) is 11.6 Å². The van der Waals surface area contributed by atoms with Crippen LogP contribution in [0.1, 0.15) is 198 Å². The van der Waals surface area contributed by atoms with Crippen molar-refractivity contribution in [3.63, 3.8) is 0 Å². The van der Waals surface area contributed by atoms with Gasteiger partial charge in [0.2, 0.25) is 70.9 Å². The number of ether oxygens (including phenoxy) is 1. The molecule has 3 aliphatic carbocycles. The third-order valence-corrected chi connectivity index (χ3v) is 23.9. The molecule has 25 nitrogen and oxygen atoms in total. The lowest BCUT2D eigenvalue weighted by molar-refractivity contribution is -0.182. The van der Waals surface area contributed by atoms with E-state index < -0.39 is 179 Å². The van der Waals surface area contributed by atoms with E-state index in [-0.39, 0.29) is 102 Å². The van der Waals surface area contributed by atoms with Gasteiger partial charge in [-0.3, -0.25) is 57.5 Å². The highest BCUT2D eigenvalue weighted by Crippen LogP contribution is 2.44. The molecule has 2 aliphatic heterocycles. The van der Waals surface area contributed by atoms with Crippen LogP contribution < -0.4 is 16.0 Å². The summed E-state index contributed by atoms with van der Waals surface area (Å²) in [5.41, 5.74) is -1.66. The van der Waals surface area contributed by atoms with Gasteiger partial charge in [-0.2, -0.15) is 13.2 Å². The van der Waals surface area contributed by atoms with Crippen molar-refractivity contribution in [2.24, 2.45) is 47.3 Å². The first kappa shape index (κ1) is 88.3. The Kier molecular flexibility index (Phi) is 33.1. The summed E-state index contributed by atoms with van der Waals surface area (Å²) in [6.07, 6.45) is 0.986. The van der Waals surface area contributed by atoms with E-state index in [2.05, 4.69) is 22.9 Å². The molecule has 0 aromatic rings. The summed E-state index contributed by atoms with van der Waals surface area (Å²) in [5.74, 6) is -11.0. The van der Waals surface area contributed by atoms with E-state index in [9.17, 15) is 46.7 Å². The number of nitrogens with one attached hydrogen (secondary N) is 3. The van der Waals surface area contributed by atoms with Crippen molar-refractivity contribution >= 4 is 82.5 Å². The van der Waals surface area contributed by atoms with Crippen LogP contribution in [-0.2, 0) is 62.3 Å². The van der Waals surface area contributed by atoms with Crippen LogP contribution in [-0.4, -0.2) is 276 Å². The normalized spacial score (nSPS) is 30.4. The molecule has 3 unspecified atom stereocenters. The number of carbonyl (C=O) groups excluding carboxylic acids is 12. The second-order valence-electron chi connectivity index (χ2n) is 32.2. The number of hydrogen-bond donors (Lipinski definition) is 3. The number of rotatable bonds is 17. The quantitative estimate of drug-likeness (QED) is 0.101. The molecule has 0 bridgehead atoms. The third-order valence-electron chi connectivity index (χ3n) is 23.4. The van der Waals surface area contributed by atoms with Crippen molar-refractivity contribution in [1.82, 2.24) is 60.0 Å². The van der Waals surface area contributed by atoms with Crippen LogP contribution in [0.4, 0.5) is 13.2 Å². The maximum absolute atomic E-state index is 15.6. The molecule has 0 aromatic carbocycles. The Morgan fingerprint density at radius 1 is 0.644 bits per heavy atom. The highest BCUT2D eigenvalue weighted by molar-refractivity contribution is 6.21. The van der Waals surface area contributed by atoms with E-state index in [0.717, 1.165) is 40.4 Å². The van der Waals surface area contributed by atoms with Gasteiger partial charge < -0.3 is 64.8 Å². The minimum absolute atomic E-state index is 0.000149. The number of amides is 12. The number of fused-ring (bicyclic) bond motifs is 1. The van der Waals surface area contributed by atoms with E-state index in [1.807, 2.05) is 41.5 Å². The van der Waals surface area contributed by atoms with Crippen molar-refractivity contribution in [3.8, 4) is 0 Å². The number of carbonyl (C=O) groups is 12. The maximum atomic E-state index is 15.6. The van der Waals surface area contributed by atoms with Gasteiger partial charge in [-0.05, 0) is 119 Å². The highest BCUT2D eigenvalue weighted by atomic mass is 35.5. The van der Waals surface area contributed by atoms with Crippen molar-refractivity contribution < 1.29 is 75.4 Å². The summed E-state index contributed by atoms with van der Waals surface area (Å²) >= 11 is 6.44. The van der Waals surface area contributed by atoms with Gasteiger partial charge in [0, 0.05) is 82.0 Å². The Morgan fingerprint density at radius 3 is 1.78 bits per heavy atom. The highest BCUT2D eigenvalue weighted by Gasteiger charge is 2.52. The second kappa shape index (κ2) is 39.0. The molecule has 29 heteroatoms. The van der Waals surface area contributed by atoms with Crippen LogP contribution in [0.3, 0.4) is 0 Å². The van der Waals surface area contributed by atoms with Gasteiger partial charge in [-0.1, -0.05) is 114 Å². The van der Waals surface area contributed by atoms with Gasteiger partial charge in [0.15, 0.2) is 0 Å². The summed E-state index contributed by atoms with van der Waals surface area (Å²) in [4.78, 5) is 192. The average Bonchev–Trinajstić information content (AvgIpc) is 1.72. The number of hydrogen-bond acceptors (Lipinski definition) is 13. The molecule has 2 saturated heterocycles. The number of alkyl halides is 4. The summed E-state index contributed by atoms with van der Waals surface area (Å²) < 4.78 is 48.5. The molecular formula is C75H126ClF3N12O13. The number of nitrogens with zero attached hydrogens (tertiary/aromatic N) is 9. The second-order valence-corrected chi connectivity index (χ2v) is 32.8. The summed E-state index contributed by atoms with van der Waals surface area (Å²) in [6, 6.07) is -11.5. The summed E-state index contributed by atoms with van der Waals surface area (Å²) in [7, 11) is 12.8. The van der Waals surface area contributed by atoms with Gasteiger partial charge >= 0.3 is 6.18 Å². The maximum Gasteiger partial charge on any atom is 0.393 e. The predicted molar refractivity (Wildman–Crippen MR) is 389 cm³/mol. The molecular weight excluding hydrogens is 1370 g/mol. The Hall–Kier alpha value is -6.32. The van der Waals surface area contributed by atoms with Crippen LogP contribution in [0.2, 0.25) is 0 Å². The van der Waals surface area contributed by atoms with Gasteiger partial charge in [0.05, 0.1) is 25.5 Å². The van der Waals surface area contributed by atoms with Crippen LogP contribution in [0.5, 0.6) is 0 Å². The largest absolute Gasteiger partial charge is 0.393 e. The Bertz CT molecular complexity index is 2980. The molecule has 592 valence electrons. The van der Waals surface area contributed by atoms with Crippen LogP contribution in [0.25, 0.3) is 0 Å². The molecule has 2 heterocycles. The number of halogens is 4. The molecule has 1 spiro atoms. The molecule has 5 aliphatic rings. The van der Waals surface area contributed by atoms with Crippen LogP contribution in [0.15, 0.2) is 0 Å². The average molecular weight is 1500 g/mol. The number of likely N-dealkylation sites (N-methyl/N-ethyl adjacent to an activating group) is 8. The zero-order valence-electron chi connectivity index (χ0n) is 65.7. The lowest BCUT2D eigenvalue weighted by Crippen LogP contribution is -2.66. The fraction of sp³-hybridized carbons (Fsp3) is 0.840. The first-order valence-electron chi connectivity index (χ1n) is 38.1. The van der Waals surface area contributed by atoms with Crippen LogP contribution in [0, 0.1) is 47.3 Å². The molecule has 5 rings (SSSR count). The SMILES string of the molecule is CC[C@H](C)[C@@H]1NC(=O)[C@H](CC(C)C)N(C)C(=O)C[C@@H](C(=O)N(C)C)N(C)C(=O)[C@H]([C@@H](C)CC)N(C)C(=O)C2(CCCC2)NC(=O)[C@H](COCCC(C)C)N(C)C(=O)[C@H](CCC2CCC(C(F)(F)F)C(Cl)C2)NC(=O)CN(C)C(=O)[C@H](CC2CCC(C)CC2)N(C)C(=O)[C@@H]2CCN2C(=O)[C@H](C)N(C)C1=O. The van der Waals surface area contributed by atoms with E-state index in [1.54, 1.807) is 13.8 Å². The van der Waals surface area contributed by atoms with Gasteiger partial charge in [-0.25, -0.2) is 0 Å². The standard InChI is InChI=1S/C75H126ClF3N12O13/c1-20-47(8)62-71(101)85(14)49(10)66(96)91-36-32-55(91)70(100)87(16)57(40-51-26-24-46(7)25-27-51)69(99)84(13)42-60(92)80-54(31-29-50-28-30-52(53(76)39-50)75(77,78)79)67(97)89(18)59(43-104-37-33-44(3)4)65(95)82-74(34-22-23-35-74)73(103)90(19)63(48(9)21-2)72(102)88(17)58(68(98)83(11)12)41-61(93)86(15)56(38-45(5)6)64(94)81-62/h44-59,62-63H,20-43H2,1-19H3,(H,80,92)(H,81,94)(H,82,95)/t46?,47-,48-,49-,50?,51?,52?,53?,54-,55-,56-,57-,58-,59-,62-,63-/m0/s1. The fourth-order valence-electron chi connectivity index (χ4n) is 15.5. The summed E-state index contributed by atoms with van der Waals surface area (Å²) in [5, 5.41) is 7.51. The van der Waals surface area contributed by atoms with E-state index in [4.69, 9.17) is 16.3 Å². The zero-order valence-corrected chi connectivity index (χ0v) is 66.5. The van der Waals surface area contributed by atoms with Crippen molar-refractivity contribution in [3.05, 3.63) is 0 Å². The van der Waals surface area contributed by atoms with Crippen LogP contribution >= 0.6 is 11.6 Å². The van der Waals surface area contributed by atoms with E-state index in [0.29, 0.717) is 38.0 Å². The first-order chi connectivity index (χ1) is 48.5. The summed E-state index contributed by atoms with van der Waals surface area (Å²) in [6.45, 7) is 17.8. The fourth-order valence-corrected chi connectivity index (χ4v) is 16.0. The lowest BCUT2D eigenvalue weighted by atomic mass is 9.78. The Balaban J connectivity index is 1.67. The molecule has 0 aromatic heterocycles. The molecule has 3 saturated carbocycles. The monoisotopic (exact) mass is 1490 g/mol. The molecule has 14 atom stereocenters. The molecule has 12 amide bonds. The van der Waals surface area contributed by atoms with Gasteiger partial charge in [0.1, 0.15) is 59.9 Å². The molecule has 5 fully saturated rings. The van der Waals surface area contributed by atoms with Gasteiger partial charge in [0.25, 0.3) is 0 Å². The first-order valence-corrected chi connectivity index (χ1v) is 38.6. The Labute approximate surface area is 621 Å². The topological polar surface area (TPSA) is 279 Å². The lowest BCUT2D eigenvalue weighted by Gasteiger charge is -2.45. The smallest absolute Gasteiger partial charge is 0.379 e.